The van der Waals surface area contributed by atoms with Crippen LogP contribution in [-0.4, -0.2) is 51.1 Å². The number of benzene rings is 2. The molecule has 0 atom stereocenters. The number of thioether (sulfide) groups is 1. The number of aromatic nitrogens is 1. The van der Waals surface area contributed by atoms with E-state index in [1.165, 1.54) is 28.4 Å². The van der Waals surface area contributed by atoms with Crippen LogP contribution < -0.4 is 25.0 Å². The molecule has 2 aromatic carbocycles. The number of ether oxygens (including phenoxy) is 4. The Morgan fingerprint density at radius 3 is 2.25 bits per heavy atom. The topological polar surface area (TPSA) is 116 Å². The lowest BCUT2D eigenvalue weighted by molar-refractivity contribution is -0.113. The molecule has 0 saturated carbocycles. The van der Waals surface area contributed by atoms with Gasteiger partial charge >= 0.3 is 5.97 Å². The number of esters is 1. The van der Waals surface area contributed by atoms with Crippen molar-refractivity contribution >= 4 is 40.2 Å². The van der Waals surface area contributed by atoms with Crippen molar-refractivity contribution in [3.8, 4) is 17.2 Å². The number of nitrogens with one attached hydrogen (secondary N) is 2. The van der Waals surface area contributed by atoms with Crippen molar-refractivity contribution in [2.45, 2.75) is 5.03 Å². The third-order valence-electron chi connectivity index (χ3n) is 4.56. The van der Waals surface area contributed by atoms with Gasteiger partial charge in [-0.15, -0.1) is 0 Å². The van der Waals surface area contributed by atoms with Gasteiger partial charge < -0.3 is 29.2 Å². The minimum Gasteiger partial charge on any atom is -0.493 e. The summed E-state index contributed by atoms with van der Waals surface area (Å²) >= 11 is 1.02. The highest BCUT2D eigenvalue weighted by molar-refractivity contribution is 8.00. The zero-order valence-corrected chi connectivity index (χ0v) is 18.8. The number of rotatable bonds is 8. The van der Waals surface area contributed by atoms with Gasteiger partial charge in [0.1, 0.15) is 5.56 Å². The monoisotopic (exact) mass is 458 g/mol. The van der Waals surface area contributed by atoms with Crippen molar-refractivity contribution in [3.63, 3.8) is 0 Å². The normalized spacial score (nSPS) is 10.5. The van der Waals surface area contributed by atoms with E-state index in [0.29, 0.717) is 33.8 Å². The standard InChI is InChI=1S/C22H22N2O7S/c1-28-15-9-12(10-16(29-2)20(15)30-3)23-17(25)11-32-21-18(22(27)31-4)19(26)13-7-5-6-8-14(13)24-21/h5-10H,11H2,1-4H3,(H,23,25)(H,24,26). The summed E-state index contributed by atoms with van der Waals surface area (Å²) in [5.41, 5.74) is 0.388. The largest absolute Gasteiger partial charge is 0.493 e. The van der Waals surface area contributed by atoms with Crippen LogP contribution in [0.1, 0.15) is 10.4 Å². The first-order valence-electron chi connectivity index (χ1n) is 9.39. The molecule has 0 radical (unpaired) electrons. The highest BCUT2D eigenvalue weighted by atomic mass is 32.2. The number of pyridine rings is 1. The molecule has 0 aliphatic carbocycles. The molecular weight excluding hydrogens is 436 g/mol. The summed E-state index contributed by atoms with van der Waals surface area (Å²) < 4.78 is 20.6. The van der Waals surface area contributed by atoms with Gasteiger partial charge in [-0.05, 0) is 12.1 Å². The molecule has 0 spiro atoms. The van der Waals surface area contributed by atoms with E-state index >= 15 is 0 Å². The van der Waals surface area contributed by atoms with E-state index in [1.54, 1.807) is 36.4 Å². The molecule has 0 fully saturated rings. The summed E-state index contributed by atoms with van der Waals surface area (Å²) in [6.45, 7) is 0. The van der Waals surface area contributed by atoms with Gasteiger partial charge in [-0.1, -0.05) is 23.9 Å². The van der Waals surface area contributed by atoms with Crippen LogP contribution in [0, 0.1) is 0 Å². The fraction of sp³-hybridized carbons (Fsp3) is 0.227. The molecule has 3 rings (SSSR count). The van der Waals surface area contributed by atoms with Crippen molar-refractivity contribution in [2.75, 3.05) is 39.5 Å². The molecular formula is C22H22N2O7S. The molecule has 1 heterocycles. The van der Waals surface area contributed by atoms with Crippen molar-refractivity contribution < 1.29 is 28.5 Å². The fourth-order valence-corrected chi connectivity index (χ4v) is 3.95. The Morgan fingerprint density at radius 2 is 1.66 bits per heavy atom. The average Bonchev–Trinajstić information content (AvgIpc) is 2.81. The molecule has 0 aliphatic rings. The van der Waals surface area contributed by atoms with Gasteiger partial charge in [0, 0.05) is 23.2 Å². The number of aromatic amines is 1. The maximum Gasteiger partial charge on any atom is 0.344 e. The minimum absolute atomic E-state index is 0.0745. The quantitative estimate of drug-likeness (QED) is 0.391. The summed E-state index contributed by atoms with van der Waals surface area (Å²) in [7, 11) is 5.63. The van der Waals surface area contributed by atoms with Gasteiger partial charge in [-0.25, -0.2) is 4.79 Å². The zero-order valence-electron chi connectivity index (χ0n) is 17.9. The third-order valence-corrected chi connectivity index (χ3v) is 5.56. The summed E-state index contributed by atoms with van der Waals surface area (Å²) in [5, 5.41) is 3.35. The molecule has 32 heavy (non-hydrogen) atoms. The second kappa shape index (κ2) is 10.1. The Hall–Kier alpha value is -3.66. The number of fused-ring (bicyclic) bond motifs is 1. The molecule has 168 valence electrons. The Kier molecular flexibility index (Phi) is 7.26. The van der Waals surface area contributed by atoms with E-state index in [1.807, 2.05) is 0 Å². The van der Waals surface area contributed by atoms with Gasteiger partial charge in [0.15, 0.2) is 11.5 Å². The summed E-state index contributed by atoms with van der Waals surface area (Å²) in [5.74, 6) is -0.0321. The van der Waals surface area contributed by atoms with Crippen LogP contribution >= 0.6 is 11.8 Å². The fourth-order valence-electron chi connectivity index (χ4n) is 3.10. The maximum atomic E-state index is 12.8. The van der Waals surface area contributed by atoms with Gasteiger partial charge in [0.25, 0.3) is 0 Å². The second-order valence-electron chi connectivity index (χ2n) is 6.45. The summed E-state index contributed by atoms with van der Waals surface area (Å²) in [6.07, 6.45) is 0. The van der Waals surface area contributed by atoms with Crippen LogP contribution in [0.25, 0.3) is 10.9 Å². The Labute approximate surface area is 188 Å². The molecule has 0 bridgehead atoms. The van der Waals surface area contributed by atoms with Crippen LogP contribution in [0.2, 0.25) is 0 Å². The highest BCUT2D eigenvalue weighted by Gasteiger charge is 2.21. The molecule has 0 saturated heterocycles. The SMILES string of the molecule is COC(=O)c1c(SCC(=O)Nc2cc(OC)c(OC)c(OC)c2)[nH]c2ccccc2c1=O. The predicted molar refractivity (Wildman–Crippen MR) is 121 cm³/mol. The molecule has 3 aromatic rings. The third kappa shape index (κ3) is 4.65. The van der Waals surface area contributed by atoms with E-state index in [2.05, 4.69) is 10.3 Å². The number of methoxy groups -OCH3 is 4. The van der Waals surface area contributed by atoms with E-state index in [9.17, 15) is 14.4 Å². The highest BCUT2D eigenvalue weighted by Crippen LogP contribution is 2.40. The lowest BCUT2D eigenvalue weighted by atomic mass is 10.1. The maximum absolute atomic E-state index is 12.8. The Morgan fingerprint density at radius 1 is 1.00 bits per heavy atom. The molecule has 0 aliphatic heterocycles. The number of amides is 1. The zero-order chi connectivity index (χ0) is 23.3. The van der Waals surface area contributed by atoms with Gasteiger partial charge in [0.2, 0.25) is 17.1 Å². The smallest absolute Gasteiger partial charge is 0.344 e. The Balaban J connectivity index is 1.85. The molecule has 1 amide bonds. The van der Waals surface area contributed by atoms with Crippen LogP contribution in [0.15, 0.2) is 46.2 Å². The first kappa shape index (κ1) is 23.0. The lowest BCUT2D eigenvalue weighted by Crippen LogP contribution is -2.20. The van der Waals surface area contributed by atoms with Gasteiger partial charge in [-0.3, -0.25) is 9.59 Å². The van der Waals surface area contributed by atoms with E-state index < -0.39 is 11.4 Å². The number of para-hydroxylation sites is 1. The van der Waals surface area contributed by atoms with E-state index in [-0.39, 0.29) is 22.2 Å². The second-order valence-corrected chi connectivity index (χ2v) is 7.43. The first-order chi connectivity index (χ1) is 15.4. The summed E-state index contributed by atoms with van der Waals surface area (Å²) in [6, 6.07) is 10.0. The van der Waals surface area contributed by atoms with Crippen molar-refractivity contribution in [3.05, 3.63) is 52.2 Å². The molecule has 9 nitrogen and oxygen atoms in total. The van der Waals surface area contributed by atoms with Crippen LogP contribution in [0.4, 0.5) is 5.69 Å². The molecule has 0 unspecified atom stereocenters. The average molecular weight is 458 g/mol. The number of anilines is 1. The van der Waals surface area contributed by atoms with Crippen molar-refractivity contribution in [2.24, 2.45) is 0 Å². The number of hydrogen-bond acceptors (Lipinski definition) is 8. The lowest BCUT2D eigenvalue weighted by Gasteiger charge is -2.14. The Bertz CT molecular complexity index is 1200. The predicted octanol–water partition coefficient (Wildman–Crippen LogP) is 3.07. The van der Waals surface area contributed by atoms with Crippen LogP contribution in [0.3, 0.4) is 0 Å². The number of H-pyrrole nitrogens is 1. The van der Waals surface area contributed by atoms with Crippen LogP contribution in [0.5, 0.6) is 17.2 Å². The van der Waals surface area contributed by atoms with E-state index in [4.69, 9.17) is 18.9 Å². The number of carbonyl (C=O) groups is 2. The van der Waals surface area contributed by atoms with E-state index in [0.717, 1.165) is 11.8 Å². The van der Waals surface area contributed by atoms with Crippen LogP contribution in [-0.2, 0) is 9.53 Å². The van der Waals surface area contributed by atoms with Gasteiger partial charge in [-0.2, -0.15) is 0 Å². The molecule has 1 aromatic heterocycles. The molecule has 2 N–H and O–H groups in total. The van der Waals surface area contributed by atoms with Crippen molar-refractivity contribution in [1.29, 1.82) is 0 Å². The summed E-state index contributed by atoms with van der Waals surface area (Å²) in [4.78, 5) is 40.7. The first-order valence-corrected chi connectivity index (χ1v) is 10.4. The number of hydrogen-bond donors (Lipinski definition) is 2. The number of carbonyl (C=O) groups excluding carboxylic acids is 2. The van der Waals surface area contributed by atoms with Gasteiger partial charge in [0.05, 0.1) is 44.7 Å². The van der Waals surface area contributed by atoms with Crippen molar-refractivity contribution in [1.82, 2.24) is 4.98 Å². The minimum atomic E-state index is -0.774. The molecule has 10 heteroatoms.